The third-order valence-corrected chi connectivity index (χ3v) is 7.31. The molecule has 1 fully saturated rings. The van der Waals surface area contributed by atoms with E-state index >= 15 is 0 Å². The molecule has 0 aliphatic heterocycles. The molecule has 0 radical (unpaired) electrons. The summed E-state index contributed by atoms with van der Waals surface area (Å²) in [6.45, 7) is 0. The molecular formula is C17H16I2O2. The average Bonchev–Trinajstić information content (AvgIpc) is 2.77. The van der Waals surface area contributed by atoms with E-state index in [1.54, 1.807) is 24.3 Å². The molecule has 0 aromatic heterocycles. The van der Waals surface area contributed by atoms with Crippen LogP contribution in [0.15, 0.2) is 48.5 Å². The van der Waals surface area contributed by atoms with Crippen LogP contribution in [0.1, 0.15) is 30.4 Å². The van der Waals surface area contributed by atoms with E-state index in [2.05, 4.69) is 45.2 Å². The van der Waals surface area contributed by atoms with E-state index in [1.807, 2.05) is 24.3 Å². The van der Waals surface area contributed by atoms with E-state index in [-0.39, 0.29) is 6.84 Å². The van der Waals surface area contributed by atoms with Crippen molar-refractivity contribution in [2.75, 3.05) is 0 Å². The zero-order valence-electron chi connectivity index (χ0n) is 11.4. The van der Waals surface area contributed by atoms with Crippen molar-refractivity contribution >= 4 is 45.2 Å². The van der Waals surface area contributed by atoms with Crippen LogP contribution in [0.5, 0.6) is 11.5 Å². The van der Waals surface area contributed by atoms with Crippen LogP contribution in [-0.2, 0) is 5.41 Å². The molecule has 0 bridgehead atoms. The molecule has 110 valence electrons. The van der Waals surface area contributed by atoms with Gasteiger partial charge in [0.15, 0.2) is 0 Å². The van der Waals surface area contributed by atoms with Crippen LogP contribution in [0.25, 0.3) is 0 Å². The van der Waals surface area contributed by atoms with Gasteiger partial charge in [-0.05, 0) is 54.7 Å². The Morgan fingerprint density at radius 3 is 1.48 bits per heavy atom. The van der Waals surface area contributed by atoms with E-state index in [0.717, 1.165) is 12.8 Å². The molecule has 2 aromatic rings. The summed E-state index contributed by atoms with van der Waals surface area (Å²) in [7, 11) is 0. The highest BCUT2D eigenvalue weighted by Crippen LogP contribution is 2.61. The minimum atomic E-state index is -0.0878. The van der Waals surface area contributed by atoms with Crippen LogP contribution >= 0.6 is 45.2 Å². The number of halogens is 2. The van der Waals surface area contributed by atoms with E-state index < -0.39 is 0 Å². The maximum absolute atomic E-state index is 9.58. The van der Waals surface area contributed by atoms with Crippen LogP contribution < -0.4 is 0 Å². The maximum Gasteiger partial charge on any atom is 0.115 e. The number of hydrogen-bond donors (Lipinski definition) is 2. The van der Waals surface area contributed by atoms with E-state index in [9.17, 15) is 10.2 Å². The molecule has 4 heteroatoms. The average molecular weight is 506 g/mol. The fourth-order valence-corrected chi connectivity index (χ4v) is 5.89. The Hall–Kier alpha value is -0.500. The molecule has 2 N–H and O–H groups in total. The standard InChI is InChI=1S/C17H16I2O2/c18-17(19)11-1-10-16(17,12-2-6-14(20)7-3-12)13-4-8-15(21)9-5-13/h2-9,20-21H,1,10-11H2. The zero-order chi connectivity index (χ0) is 15.1. The summed E-state index contributed by atoms with van der Waals surface area (Å²) in [5, 5.41) is 19.2. The first-order valence-electron chi connectivity index (χ1n) is 6.93. The Labute approximate surface area is 151 Å². The Bertz CT molecular complexity index is 587. The largest absolute Gasteiger partial charge is 0.508 e. The molecule has 1 aliphatic carbocycles. The van der Waals surface area contributed by atoms with Crippen LogP contribution in [0.4, 0.5) is 0 Å². The Morgan fingerprint density at radius 2 is 1.14 bits per heavy atom. The minimum Gasteiger partial charge on any atom is -0.508 e. The third-order valence-electron chi connectivity index (χ3n) is 4.39. The quantitative estimate of drug-likeness (QED) is 0.438. The highest BCUT2D eigenvalue weighted by atomic mass is 127. The van der Waals surface area contributed by atoms with Crippen molar-refractivity contribution in [2.24, 2.45) is 0 Å². The number of hydrogen-bond acceptors (Lipinski definition) is 2. The van der Waals surface area contributed by atoms with Gasteiger partial charge in [0.2, 0.25) is 0 Å². The van der Waals surface area contributed by atoms with Gasteiger partial charge in [-0.15, -0.1) is 0 Å². The molecule has 0 amide bonds. The zero-order valence-corrected chi connectivity index (χ0v) is 15.7. The summed E-state index contributed by atoms with van der Waals surface area (Å²) in [5.74, 6) is 0.593. The predicted molar refractivity (Wildman–Crippen MR) is 102 cm³/mol. The molecule has 2 aromatic carbocycles. The first-order chi connectivity index (χ1) is 9.96. The molecule has 1 saturated carbocycles. The molecule has 0 atom stereocenters. The van der Waals surface area contributed by atoms with Crippen LogP contribution in [0.2, 0.25) is 0 Å². The van der Waals surface area contributed by atoms with Crippen molar-refractivity contribution in [1.29, 1.82) is 0 Å². The molecule has 0 spiro atoms. The van der Waals surface area contributed by atoms with E-state index in [4.69, 9.17) is 0 Å². The summed E-state index contributed by atoms with van der Waals surface area (Å²) in [4.78, 5) is 0. The van der Waals surface area contributed by atoms with Gasteiger partial charge in [0.25, 0.3) is 0 Å². The fraction of sp³-hybridized carbons (Fsp3) is 0.294. The smallest absolute Gasteiger partial charge is 0.115 e. The second kappa shape index (κ2) is 5.61. The molecule has 0 unspecified atom stereocenters. The van der Waals surface area contributed by atoms with Crippen molar-refractivity contribution in [1.82, 2.24) is 0 Å². The number of benzene rings is 2. The number of phenolic OH excluding ortho intramolecular Hbond substituents is 2. The van der Waals surface area contributed by atoms with Crippen molar-refractivity contribution in [3.63, 3.8) is 0 Å². The number of alkyl halides is 2. The summed E-state index contributed by atoms with van der Waals surface area (Å²) in [6, 6.07) is 15.2. The van der Waals surface area contributed by atoms with E-state index in [1.165, 1.54) is 17.5 Å². The van der Waals surface area contributed by atoms with Gasteiger partial charge in [0, 0.05) is 5.41 Å². The Kier molecular flexibility index (Phi) is 4.11. The van der Waals surface area contributed by atoms with Crippen LogP contribution in [0.3, 0.4) is 0 Å². The lowest BCUT2D eigenvalue weighted by Crippen LogP contribution is -2.39. The molecule has 21 heavy (non-hydrogen) atoms. The Balaban J connectivity index is 2.21. The van der Waals surface area contributed by atoms with Crippen molar-refractivity contribution in [3.8, 4) is 11.5 Å². The van der Waals surface area contributed by atoms with Gasteiger partial charge in [0.1, 0.15) is 11.5 Å². The number of aromatic hydroxyl groups is 2. The highest BCUT2D eigenvalue weighted by Gasteiger charge is 2.53. The second-order valence-corrected chi connectivity index (χ2v) is 11.3. The van der Waals surface area contributed by atoms with Crippen molar-refractivity contribution in [3.05, 3.63) is 59.7 Å². The SMILES string of the molecule is Oc1ccc(C2(c3ccc(O)cc3)CCCC2(I)I)cc1. The predicted octanol–water partition coefficient (Wildman–Crippen LogP) is 5.13. The van der Waals surface area contributed by atoms with Gasteiger partial charge in [-0.25, -0.2) is 0 Å². The first-order valence-corrected chi connectivity index (χ1v) is 9.08. The topological polar surface area (TPSA) is 40.5 Å². The number of phenols is 2. The van der Waals surface area contributed by atoms with Gasteiger partial charge >= 0.3 is 0 Å². The van der Waals surface area contributed by atoms with Crippen LogP contribution in [-0.4, -0.2) is 11.6 Å². The molecule has 1 aliphatic rings. The fourth-order valence-electron chi connectivity index (χ4n) is 3.34. The monoisotopic (exact) mass is 506 g/mol. The molecule has 3 rings (SSSR count). The normalized spacial score (nSPS) is 19.5. The maximum atomic E-state index is 9.58. The summed E-state index contributed by atoms with van der Waals surface area (Å²) in [5.41, 5.74) is 2.37. The van der Waals surface area contributed by atoms with Crippen molar-refractivity contribution < 1.29 is 10.2 Å². The van der Waals surface area contributed by atoms with Gasteiger partial charge in [-0.2, -0.15) is 0 Å². The lowest BCUT2D eigenvalue weighted by Gasteiger charge is -2.40. The highest BCUT2D eigenvalue weighted by molar-refractivity contribution is 14.2. The molecule has 0 heterocycles. The molecule has 0 saturated heterocycles. The Morgan fingerprint density at radius 1 is 0.714 bits per heavy atom. The molecule has 2 nitrogen and oxygen atoms in total. The lowest BCUT2D eigenvalue weighted by atomic mass is 9.73. The van der Waals surface area contributed by atoms with E-state index in [0.29, 0.717) is 11.5 Å². The second-order valence-electron chi connectivity index (χ2n) is 5.56. The minimum absolute atomic E-state index is 0.0798. The summed E-state index contributed by atoms with van der Waals surface area (Å²) < 4.78 is 0.0798. The van der Waals surface area contributed by atoms with Gasteiger partial charge in [0.05, 0.1) is 1.43 Å². The van der Waals surface area contributed by atoms with Crippen LogP contribution in [0, 0.1) is 0 Å². The first kappa shape index (κ1) is 15.4. The summed E-state index contributed by atoms with van der Waals surface area (Å²) in [6.07, 6.45) is 3.40. The van der Waals surface area contributed by atoms with Crippen molar-refractivity contribution in [2.45, 2.75) is 26.1 Å². The van der Waals surface area contributed by atoms with Gasteiger partial charge < -0.3 is 10.2 Å². The third kappa shape index (κ3) is 2.54. The van der Waals surface area contributed by atoms with Gasteiger partial charge in [-0.1, -0.05) is 69.4 Å². The lowest BCUT2D eigenvalue weighted by molar-refractivity contribution is 0.472. The molecular weight excluding hydrogens is 490 g/mol. The van der Waals surface area contributed by atoms with Gasteiger partial charge in [-0.3, -0.25) is 0 Å². The summed E-state index contributed by atoms with van der Waals surface area (Å²) >= 11 is 5.13. The number of rotatable bonds is 2.